The summed E-state index contributed by atoms with van der Waals surface area (Å²) in [6.45, 7) is 1.40. The number of hydrogen-bond acceptors (Lipinski definition) is 3. The van der Waals surface area contributed by atoms with E-state index in [1.165, 1.54) is 17.8 Å². The second kappa shape index (κ2) is 4.71. The van der Waals surface area contributed by atoms with Crippen molar-refractivity contribution < 1.29 is 9.53 Å². The topological polar surface area (TPSA) is 29.5 Å². The van der Waals surface area contributed by atoms with Crippen molar-refractivity contribution in [3.63, 3.8) is 0 Å². The molecule has 0 unspecified atom stereocenters. The Morgan fingerprint density at radius 1 is 1.53 bits per heavy atom. The monoisotopic (exact) mass is 315 g/mol. The first-order chi connectivity index (χ1) is 8.27. The largest absolute Gasteiger partial charge is 0.374 e. The highest BCUT2D eigenvalue weighted by Crippen LogP contribution is 2.32. The Morgan fingerprint density at radius 3 is 3.18 bits per heavy atom. The van der Waals surface area contributed by atoms with Gasteiger partial charge in [-0.05, 0) is 46.6 Å². The van der Waals surface area contributed by atoms with Crippen LogP contribution in [0.1, 0.15) is 28.9 Å². The summed E-state index contributed by atoms with van der Waals surface area (Å²) in [4.78, 5) is 15.3. The zero-order chi connectivity index (χ0) is 11.8. The average Bonchev–Trinajstić information content (AvgIpc) is 2.95. The smallest absolute Gasteiger partial charge is 0.265 e. The van der Waals surface area contributed by atoms with Gasteiger partial charge in [0.2, 0.25) is 0 Å². The molecule has 3 nitrogen and oxygen atoms in total. The predicted octanol–water partition coefficient (Wildman–Crippen LogP) is 2.90. The molecule has 0 spiro atoms. The third-order valence-electron chi connectivity index (χ3n) is 3.55. The van der Waals surface area contributed by atoms with Gasteiger partial charge in [-0.2, -0.15) is 0 Å². The summed E-state index contributed by atoms with van der Waals surface area (Å²) in [6.07, 6.45) is 3.62. The van der Waals surface area contributed by atoms with Gasteiger partial charge in [0.1, 0.15) is 4.88 Å². The third kappa shape index (κ3) is 2.04. The van der Waals surface area contributed by atoms with Crippen molar-refractivity contribution in [2.24, 2.45) is 0 Å². The second-order valence-electron chi connectivity index (χ2n) is 4.50. The molecule has 2 fully saturated rings. The number of nitrogens with zero attached hydrogens (tertiary/aromatic N) is 1. The molecule has 1 saturated heterocycles. The Kier molecular flexibility index (Phi) is 3.23. The highest BCUT2D eigenvalue weighted by atomic mass is 79.9. The fraction of sp³-hybridized carbons (Fsp3) is 0.583. The highest BCUT2D eigenvalue weighted by Gasteiger charge is 2.39. The summed E-state index contributed by atoms with van der Waals surface area (Å²) >= 11 is 4.94. The van der Waals surface area contributed by atoms with Crippen LogP contribution >= 0.6 is 27.3 Å². The molecule has 92 valence electrons. The van der Waals surface area contributed by atoms with E-state index in [0.717, 1.165) is 28.7 Å². The number of halogens is 1. The lowest BCUT2D eigenvalue weighted by molar-refractivity contribution is -0.0444. The molecule has 3 rings (SSSR count). The average molecular weight is 316 g/mol. The summed E-state index contributed by atoms with van der Waals surface area (Å²) in [5.41, 5.74) is 0. The number of thiophene rings is 1. The van der Waals surface area contributed by atoms with Gasteiger partial charge >= 0.3 is 0 Å². The molecule has 1 aromatic heterocycles. The van der Waals surface area contributed by atoms with Crippen molar-refractivity contribution in [3.05, 3.63) is 20.8 Å². The minimum atomic E-state index is 0.159. The van der Waals surface area contributed by atoms with Crippen LogP contribution in [-0.2, 0) is 4.74 Å². The minimum absolute atomic E-state index is 0.159. The lowest BCUT2D eigenvalue weighted by atomic mass is 10.1. The van der Waals surface area contributed by atoms with Gasteiger partial charge in [-0.1, -0.05) is 0 Å². The fourth-order valence-electron chi connectivity index (χ4n) is 2.75. The molecule has 1 saturated carbocycles. The van der Waals surface area contributed by atoms with Crippen LogP contribution < -0.4 is 0 Å². The zero-order valence-corrected chi connectivity index (χ0v) is 11.8. The fourth-order valence-corrected chi connectivity index (χ4v) is 4.25. The number of morpholine rings is 1. The van der Waals surface area contributed by atoms with E-state index < -0.39 is 0 Å². The first-order valence-electron chi connectivity index (χ1n) is 5.93. The standard InChI is InChI=1S/C12H14BrNO2S/c13-8-4-7-17-11(8)12(15)14-5-6-16-10-3-1-2-9(10)14/h4,7,9-10H,1-3,5-6H2/t9-,10-/m1/s1. The molecule has 0 aromatic carbocycles. The van der Waals surface area contributed by atoms with Gasteiger partial charge in [0, 0.05) is 11.0 Å². The Morgan fingerprint density at radius 2 is 2.41 bits per heavy atom. The summed E-state index contributed by atoms with van der Waals surface area (Å²) < 4.78 is 6.64. The van der Waals surface area contributed by atoms with Gasteiger partial charge in [-0.3, -0.25) is 4.79 Å². The summed E-state index contributed by atoms with van der Waals surface area (Å²) in [5, 5.41) is 1.95. The number of carbonyl (C=O) groups excluding carboxylic acids is 1. The molecule has 0 bridgehead atoms. The number of carbonyl (C=O) groups is 1. The minimum Gasteiger partial charge on any atom is -0.374 e. The van der Waals surface area contributed by atoms with E-state index in [2.05, 4.69) is 15.9 Å². The van der Waals surface area contributed by atoms with Gasteiger partial charge in [0.25, 0.3) is 5.91 Å². The number of rotatable bonds is 1. The molecule has 2 aliphatic rings. The maximum Gasteiger partial charge on any atom is 0.265 e. The molecule has 1 aliphatic heterocycles. The SMILES string of the molecule is O=C(c1sccc1Br)N1CCO[C@@H]2CCC[C@H]21. The van der Waals surface area contributed by atoms with Crippen LogP contribution in [0.4, 0.5) is 0 Å². The van der Waals surface area contributed by atoms with Crippen LogP contribution in [0, 0.1) is 0 Å². The van der Waals surface area contributed by atoms with Gasteiger partial charge < -0.3 is 9.64 Å². The van der Waals surface area contributed by atoms with E-state index in [-0.39, 0.29) is 12.0 Å². The van der Waals surface area contributed by atoms with E-state index in [0.29, 0.717) is 12.6 Å². The Labute approximate surface area is 113 Å². The second-order valence-corrected chi connectivity index (χ2v) is 6.27. The maximum atomic E-state index is 12.5. The van der Waals surface area contributed by atoms with Crippen LogP contribution in [0.3, 0.4) is 0 Å². The van der Waals surface area contributed by atoms with E-state index in [1.54, 1.807) is 0 Å². The Bertz CT molecular complexity index is 434. The molecular formula is C12H14BrNO2S. The van der Waals surface area contributed by atoms with E-state index >= 15 is 0 Å². The van der Waals surface area contributed by atoms with Crippen molar-refractivity contribution in [2.45, 2.75) is 31.4 Å². The van der Waals surface area contributed by atoms with Crippen molar-refractivity contribution in [1.82, 2.24) is 4.90 Å². The van der Waals surface area contributed by atoms with Crippen molar-refractivity contribution in [3.8, 4) is 0 Å². The van der Waals surface area contributed by atoms with Crippen molar-refractivity contribution >= 4 is 33.2 Å². The van der Waals surface area contributed by atoms with Crippen LogP contribution in [0.15, 0.2) is 15.9 Å². The first kappa shape index (κ1) is 11.7. The molecular weight excluding hydrogens is 302 g/mol. The predicted molar refractivity (Wildman–Crippen MR) is 70.4 cm³/mol. The maximum absolute atomic E-state index is 12.5. The third-order valence-corrected chi connectivity index (χ3v) is 5.38. The lowest BCUT2D eigenvalue weighted by Gasteiger charge is -2.37. The number of hydrogen-bond donors (Lipinski definition) is 0. The number of fused-ring (bicyclic) bond motifs is 1. The molecule has 2 atom stereocenters. The number of amides is 1. The van der Waals surface area contributed by atoms with Crippen LogP contribution in [0.25, 0.3) is 0 Å². The summed E-state index contributed by atoms with van der Waals surface area (Å²) in [6, 6.07) is 2.23. The Balaban J connectivity index is 1.83. The van der Waals surface area contributed by atoms with Gasteiger partial charge in [-0.25, -0.2) is 0 Å². The van der Waals surface area contributed by atoms with Crippen molar-refractivity contribution in [2.75, 3.05) is 13.2 Å². The quantitative estimate of drug-likeness (QED) is 0.797. The van der Waals surface area contributed by atoms with E-state index in [9.17, 15) is 4.79 Å². The van der Waals surface area contributed by atoms with Gasteiger partial charge in [0.15, 0.2) is 0 Å². The molecule has 0 N–H and O–H groups in total. The van der Waals surface area contributed by atoms with Crippen molar-refractivity contribution in [1.29, 1.82) is 0 Å². The normalized spacial score (nSPS) is 28.2. The summed E-state index contributed by atoms with van der Waals surface area (Å²) in [5.74, 6) is 0.159. The highest BCUT2D eigenvalue weighted by molar-refractivity contribution is 9.10. The first-order valence-corrected chi connectivity index (χ1v) is 7.60. The van der Waals surface area contributed by atoms with Crippen LogP contribution in [0.2, 0.25) is 0 Å². The van der Waals surface area contributed by atoms with E-state index in [4.69, 9.17) is 4.74 Å². The molecule has 2 heterocycles. The molecule has 0 radical (unpaired) electrons. The van der Waals surface area contributed by atoms with Gasteiger partial charge in [-0.15, -0.1) is 11.3 Å². The summed E-state index contributed by atoms with van der Waals surface area (Å²) in [7, 11) is 0. The van der Waals surface area contributed by atoms with Crippen LogP contribution in [0.5, 0.6) is 0 Å². The molecule has 5 heteroatoms. The van der Waals surface area contributed by atoms with E-state index in [1.807, 2.05) is 16.3 Å². The van der Waals surface area contributed by atoms with Crippen LogP contribution in [-0.4, -0.2) is 36.1 Å². The number of ether oxygens (including phenoxy) is 1. The lowest BCUT2D eigenvalue weighted by Crippen LogP contribution is -2.51. The molecule has 1 aromatic rings. The molecule has 1 amide bonds. The Hall–Kier alpha value is -0.390. The molecule has 17 heavy (non-hydrogen) atoms. The zero-order valence-electron chi connectivity index (χ0n) is 9.39. The molecule has 1 aliphatic carbocycles. The van der Waals surface area contributed by atoms with Gasteiger partial charge in [0.05, 0.1) is 18.8 Å².